The van der Waals surface area contributed by atoms with Crippen molar-refractivity contribution in [2.24, 2.45) is 21.5 Å². The Bertz CT molecular complexity index is 851. The van der Waals surface area contributed by atoms with Crippen LogP contribution in [0.5, 0.6) is 0 Å². The van der Waals surface area contributed by atoms with Crippen LogP contribution in [0.4, 0.5) is 9.52 Å². The van der Waals surface area contributed by atoms with Crippen LogP contribution in [0.3, 0.4) is 0 Å². The number of aliphatic imine (C=N–C) groups is 2. The van der Waals surface area contributed by atoms with E-state index in [9.17, 15) is 4.39 Å². The number of thiazole rings is 1. The summed E-state index contributed by atoms with van der Waals surface area (Å²) in [7, 11) is 0. The van der Waals surface area contributed by atoms with Crippen molar-refractivity contribution in [3.05, 3.63) is 59.9 Å². The lowest BCUT2D eigenvalue weighted by molar-refractivity contribution is 0.625. The number of guanidine groups is 1. The Balaban J connectivity index is 1.91. The zero-order chi connectivity index (χ0) is 15.5. The fourth-order valence-corrected chi connectivity index (χ4v) is 2.73. The SMILES string of the molecule is N/C(=N\C(N)=N\c1nc2ccccc2s1)c1ccccc1F. The number of aromatic nitrogens is 1. The van der Waals surface area contributed by atoms with Crippen LogP contribution in [0.1, 0.15) is 5.56 Å². The van der Waals surface area contributed by atoms with Crippen LogP contribution in [-0.4, -0.2) is 16.8 Å². The minimum atomic E-state index is -0.462. The molecule has 22 heavy (non-hydrogen) atoms. The molecule has 0 radical (unpaired) electrons. The van der Waals surface area contributed by atoms with Gasteiger partial charge in [-0.2, -0.15) is 9.98 Å². The van der Waals surface area contributed by atoms with Gasteiger partial charge >= 0.3 is 0 Å². The molecular formula is C15H12FN5S. The summed E-state index contributed by atoms with van der Waals surface area (Å²) in [6.07, 6.45) is 0. The van der Waals surface area contributed by atoms with E-state index in [0.717, 1.165) is 10.2 Å². The number of rotatable bonds is 2. The Labute approximate surface area is 129 Å². The van der Waals surface area contributed by atoms with Crippen molar-refractivity contribution in [1.29, 1.82) is 0 Å². The molecule has 0 fully saturated rings. The van der Waals surface area contributed by atoms with Gasteiger partial charge in [0, 0.05) is 0 Å². The van der Waals surface area contributed by atoms with Crippen molar-refractivity contribution in [2.75, 3.05) is 0 Å². The first-order valence-corrected chi connectivity index (χ1v) is 7.24. The van der Waals surface area contributed by atoms with Crippen molar-refractivity contribution < 1.29 is 4.39 Å². The second-order valence-corrected chi connectivity index (χ2v) is 5.42. The third-order valence-electron chi connectivity index (χ3n) is 2.88. The van der Waals surface area contributed by atoms with Crippen LogP contribution in [-0.2, 0) is 0 Å². The molecule has 0 aliphatic carbocycles. The second-order valence-electron chi connectivity index (χ2n) is 4.41. The van der Waals surface area contributed by atoms with Gasteiger partial charge in [-0.15, -0.1) is 0 Å². The van der Waals surface area contributed by atoms with Crippen molar-refractivity contribution in [2.45, 2.75) is 0 Å². The summed E-state index contributed by atoms with van der Waals surface area (Å²) in [5.74, 6) is -0.559. The van der Waals surface area contributed by atoms with Gasteiger partial charge in [0.25, 0.3) is 0 Å². The highest BCUT2D eigenvalue weighted by Crippen LogP contribution is 2.27. The standard InChI is InChI=1S/C15H12FN5S/c16-10-6-2-1-5-9(10)13(17)20-14(18)21-15-19-11-7-3-4-8-12(11)22-15/h1-8H,(H4,17,18,19,20,21). The Morgan fingerprint density at radius 2 is 1.77 bits per heavy atom. The molecule has 7 heteroatoms. The number of nitrogens with zero attached hydrogens (tertiary/aromatic N) is 3. The molecule has 0 saturated heterocycles. The lowest BCUT2D eigenvalue weighted by Gasteiger charge is -2.01. The quantitative estimate of drug-likeness (QED) is 0.563. The summed E-state index contributed by atoms with van der Waals surface area (Å²) < 4.78 is 14.6. The molecule has 5 nitrogen and oxygen atoms in total. The van der Waals surface area contributed by atoms with Gasteiger partial charge in [0.05, 0.1) is 15.8 Å². The molecule has 1 aromatic heterocycles. The summed E-state index contributed by atoms with van der Waals surface area (Å²) in [6.45, 7) is 0. The van der Waals surface area contributed by atoms with Crippen molar-refractivity contribution >= 4 is 38.5 Å². The maximum Gasteiger partial charge on any atom is 0.224 e. The molecule has 0 saturated carbocycles. The average Bonchev–Trinajstić information content (AvgIpc) is 2.89. The lowest BCUT2D eigenvalue weighted by Crippen LogP contribution is -2.20. The van der Waals surface area contributed by atoms with Gasteiger partial charge in [-0.1, -0.05) is 35.6 Å². The molecule has 0 bridgehead atoms. The number of benzene rings is 2. The van der Waals surface area contributed by atoms with Gasteiger partial charge in [-0.3, -0.25) is 0 Å². The number of amidine groups is 1. The number of hydrogen-bond acceptors (Lipinski definition) is 3. The summed E-state index contributed by atoms with van der Waals surface area (Å²) >= 11 is 1.39. The fourth-order valence-electron chi connectivity index (χ4n) is 1.88. The largest absolute Gasteiger partial charge is 0.383 e. The minimum absolute atomic E-state index is 0.0274. The third kappa shape index (κ3) is 2.94. The first-order chi connectivity index (χ1) is 10.6. The van der Waals surface area contributed by atoms with Gasteiger partial charge in [0.1, 0.15) is 11.7 Å². The maximum absolute atomic E-state index is 13.6. The van der Waals surface area contributed by atoms with E-state index in [1.807, 2.05) is 24.3 Å². The summed E-state index contributed by atoms with van der Waals surface area (Å²) in [5.41, 5.74) is 12.5. The van der Waals surface area contributed by atoms with Crippen molar-refractivity contribution in [1.82, 2.24) is 4.98 Å². The summed E-state index contributed by atoms with van der Waals surface area (Å²) in [5, 5.41) is 0.476. The zero-order valence-electron chi connectivity index (χ0n) is 11.4. The molecule has 3 rings (SSSR count). The van der Waals surface area contributed by atoms with E-state index in [4.69, 9.17) is 11.5 Å². The molecule has 1 heterocycles. The summed E-state index contributed by atoms with van der Waals surface area (Å²) in [6, 6.07) is 13.7. The molecule has 110 valence electrons. The molecule has 0 amide bonds. The predicted octanol–water partition coefficient (Wildman–Crippen LogP) is 2.79. The fraction of sp³-hybridized carbons (Fsp3) is 0. The molecule has 2 aromatic carbocycles. The first-order valence-electron chi connectivity index (χ1n) is 6.42. The Morgan fingerprint density at radius 1 is 1.05 bits per heavy atom. The first kappa shape index (κ1) is 14.2. The monoisotopic (exact) mass is 313 g/mol. The number of para-hydroxylation sites is 1. The topological polar surface area (TPSA) is 89.6 Å². The predicted molar refractivity (Wildman–Crippen MR) is 88.0 cm³/mol. The molecule has 0 atom stereocenters. The van der Waals surface area contributed by atoms with Gasteiger partial charge in [-0.25, -0.2) is 9.37 Å². The molecular weight excluding hydrogens is 301 g/mol. The van der Waals surface area contributed by atoms with Crippen LogP contribution in [0, 0.1) is 5.82 Å². The van der Waals surface area contributed by atoms with E-state index in [1.165, 1.54) is 23.5 Å². The number of fused-ring (bicyclic) bond motifs is 1. The molecule has 0 aliphatic rings. The van der Waals surface area contributed by atoms with Crippen molar-refractivity contribution in [3.8, 4) is 0 Å². The maximum atomic E-state index is 13.6. The lowest BCUT2D eigenvalue weighted by atomic mass is 10.2. The third-order valence-corrected chi connectivity index (χ3v) is 3.81. The highest BCUT2D eigenvalue weighted by atomic mass is 32.1. The van der Waals surface area contributed by atoms with E-state index >= 15 is 0 Å². The Morgan fingerprint density at radius 3 is 2.55 bits per heavy atom. The second kappa shape index (κ2) is 5.90. The van der Waals surface area contributed by atoms with E-state index in [1.54, 1.807) is 12.1 Å². The van der Waals surface area contributed by atoms with Gasteiger partial charge < -0.3 is 11.5 Å². The molecule has 4 N–H and O–H groups in total. The molecule has 3 aromatic rings. The van der Waals surface area contributed by atoms with E-state index in [-0.39, 0.29) is 17.4 Å². The Kier molecular flexibility index (Phi) is 3.80. The number of nitrogens with two attached hydrogens (primary N) is 2. The number of hydrogen-bond donors (Lipinski definition) is 2. The van der Waals surface area contributed by atoms with Crippen LogP contribution < -0.4 is 11.5 Å². The average molecular weight is 313 g/mol. The van der Waals surface area contributed by atoms with E-state index < -0.39 is 5.82 Å². The van der Waals surface area contributed by atoms with Gasteiger partial charge in [0.2, 0.25) is 11.1 Å². The van der Waals surface area contributed by atoms with E-state index in [0.29, 0.717) is 5.13 Å². The van der Waals surface area contributed by atoms with Crippen LogP contribution in [0.25, 0.3) is 10.2 Å². The van der Waals surface area contributed by atoms with Gasteiger partial charge in [0.15, 0.2) is 0 Å². The van der Waals surface area contributed by atoms with Crippen LogP contribution in [0.2, 0.25) is 0 Å². The number of halogens is 1. The molecule has 0 aliphatic heterocycles. The zero-order valence-corrected chi connectivity index (χ0v) is 12.2. The normalized spacial score (nSPS) is 12.8. The van der Waals surface area contributed by atoms with E-state index in [2.05, 4.69) is 15.0 Å². The smallest absolute Gasteiger partial charge is 0.224 e. The highest BCUT2D eigenvalue weighted by Gasteiger charge is 2.06. The molecule has 0 unspecified atom stereocenters. The summed E-state index contributed by atoms with van der Waals surface area (Å²) in [4.78, 5) is 12.3. The molecule has 0 spiro atoms. The van der Waals surface area contributed by atoms with Crippen LogP contribution in [0.15, 0.2) is 58.5 Å². The van der Waals surface area contributed by atoms with Crippen molar-refractivity contribution in [3.63, 3.8) is 0 Å². The minimum Gasteiger partial charge on any atom is -0.383 e. The Hall–Kier alpha value is -2.80. The van der Waals surface area contributed by atoms with Gasteiger partial charge in [-0.05, 0) is 24.3 Å². The van der Waals surface area contributed by atoms with Crippen LogP contribution >= 0.6 is 11.3 Å². The highest BCUT2D eigenvalue weighted by molar-refractivity contribution is 7.22.